The van der Waals surface area contributed by atoms with Gasteiger partial charge in [-0.05, 0) is 0 Å². The van der Waals surface area contributed by atoms with E-state index in [0.29, 0.717) is 0 Å². The molecule has 0 unspecified atom stereocenters. The van der Waals surface area contributed by atoms with Gasteiger partial charge in [0, 0.05) is 0 Å². The van der Waals surface area contributed by atoms with E-state index in [1.165, 1.54) is 8.87 Å². The van der Waals surface area contributed by atoms with Crippen molar-refractivity contribution in [2.45, 2.75) is 83.1 Å². The van der Waals surface area contributed by atoms with Crippen molar-refractivity contribution in [1.82, 2.24) is 0 Å². The number of Topliss-reactive ketones (excluding diaryl/α,β-unsaturated/α-hetero) is 2. The summed E-state index contributed by atoms with van der Waals surface area (Å²) >= 11 is 15.0. The second-order valence-electron chi connectivity index (χ2n) is 18.0. The number of halogens is 4. The maximum absolute atomic E-state index is 14.1. The van der Waals surface area contributed by atoms with E-state index in [-0.39, 0.29) is 47.7 Å². The van der Waals surface area contributed by atoms with Crippen LogP contribution in [0.1, 0.15) is 103 Å². The van der Waals surface area contributed by atoms with Crippen molar-refractivity contribution in [3.63, 3.8) is 0 Å². The van der Waals surface area contributed by atoms with Gasteiger partial charge in [0.2, 0.25) is 0 Å². The third kappa shape index (κ3) is 9.08. The summed E-state index contributed by atoms with van der Waals surface area (Å²) in [7, 11) is 0. The topological polar surface area (TPSA) is 34.1 Å². The molecule has 0 radical (unpaired) electrons. The quantitative estimate of drug-likeness (QED) is 0.244. The van der Waals surface area contributed by atoms with Gasteiger partial charge < -0.3 is 0 Å². The predicted molar refractivity (Wildman–Crippen MR) is 239 cm³/mol. The molecular formula is C46H48Br4O2Se. The average molecular weight is 1030 g/mol. The minimum absolute atomic E-state index is 0.120. The Morgan fingerprint density at radius 3 is 0.981 bits per heavy atom. The van der Waals surface area contributed by atoms with Gasteiger partial charge >= 0.3 is 359 Å². The molecule has 53 heavy (non-hydrogen) atoms. The summed E-state index contributed by atoms with van der Waals surface area (Å²) in [5, 5.41) is 0. The molecule has 0 amide bonds. The fraction of sp³-hybridized carbons (Fsp3) is 0.348. The van der Waals surface area contributed by atoms with Gasteiger partial charge in [0.1, 0.15) is 0 Å². The van der Waals surface area contributed by atoms with Crippen LogP contribution in [0.15, 0.2) is 124 Å². The fourth-order valence-electron chi connectivity index (χ4n) is 6.63. The van der Waals surface area contributed by atoms with Crippen LogP contribution in [-0.2, 0) is 9.59 Å². The molecule has 0 saturated heterocycles. The first-order chi connectivity index (χ1) is 24.3. The summed E-state index contributed by atoms with van der Waals surface area (Å²) in [6.07, 6.45) is 8.52. The normalized spacial score (nSPS) is 16.0. The standard InChI is InChI=1S/C46H48Br4O2Se/c1-43(2,3)31-19-25(20-32(41(31)51)44(4,5)6)39(29-15-13-27(47)23-35(29)49)37-17-18-38(53-37)40(30-16-14-28(48)24-36(30)50)26-21-33(45(7,8)9)42(52)34(22-26)46(10,11)12/h13-24H,1-12H3. The molecule has 0 N–H and O–H groups in total. The Labute approximate surface area is 356 Å². The van der Waals surface area contributed by atoms with Crippen LogP contribution in [0.3, 0.4) is 0 Å². The van der Waals surface area contributed by atoms with Gasteiger partial charge in [0.25, 0.3) is 0 Å². The molecule has 5 rings (SSSR count). The Balaban J connectivity index is 1.92. The third-order valence-corrected chi connectivity index (χ3v) is 14.1. The Bertz CT molecular complexity index is 1990. The van der Waals surface area contributed by atoms with Crippen LogP contribution in [0.25, 0.3) is 11.1 Å². The number of hydrogen-bond acceptors (Lipinski definition) is 2. The number of benzene rings is 2. The number of rotatable bonds is 4. The first kappa shape index (κ1) is 42.3. The molecule has 2 aromatic carbocycles. The molecule has 0 aliphatic heterocycles. The van der Waals surface area contributed by atoms with Gasteiger partial charge in [0.15, 0.2) is 0 Å². The van der Waals surface area contributed by atoms with Crippen molar-refractivity contribution < 1.29 is 9.59 Å². The second kappa shape index (κ2) is 15.2. The molecule has 278 valence electrons. The zero-order chi connectivity index (χ0) is 39.6. The number of hydrogen-bond donors (Lipinski definition) is 0. The molecule has 0 spiro atoms. The SMILES string of the molecule is CC(C)(C)C1=CC(=C(c2ccc(C(=C3C=C(C(C)(C)C)C(=O)C(C(C)(C)C)=C3)c3ccc(Br)cc3Br)[se]2)c2ccc(Br)cc2Br)C=C(C(C)(C)C)C1=O. The molecular weight excluding hydrogens is 983 g/mol. The average Bonchev–Trinajstić information content (AvgIpc) is 3.47. The minimum atomic E-state index is -0.341. The molecule has 1 aromatic heterocycles. The monoisotopic (exact) mass is 1030 g/mol. The third-order valence-electron chi connectivity index (χ3n) is 9.49. The van der Waals surface area contributed by atoms with Crippen molar-refractivity contribution in [2.24, 2.45) is 21.7 Å². The van der Waals surface area contributed by atoms with Crippen LogP contribution in [-0.4, -0.2) is 26.1 Å². The van der Waals surface area contributed by atoms with E-state index >= 15 is 0 Å². The predicted octanol–water partition coefficient (Wildman–Crippen LogP) is 14.5. The van der Waals surface area contributed by atoms with Gasteiger partial charge in [-0.2, -0.15) is 0 Å². The van der Waals surface area contributed by atoms with Crippen LogP contribution in [0.2, 0.25) is 0 Å². The number of carbonyl (C=O) groups excluding carboxylic acids is 2. The maximum atomic E-state index is 14.1. The van der Waals surface area contributed by atoms with E-state index < -0.39 is 0 Å². The van der Waals surface area contributed by atoms with Crippen LogP contribution in [0, 0.1) is 21.7 Å². The number of carbonyl (C=O) groups is 2. The van der Waals surface area contributed by atoms with Crippen LogP contribution in [0.5, 0.6) is 0 Å². The summed E-state index contributed by atoms with van der Waals surface area (Å²) in [5.74, 6) is 0.240. The van der Waals surface area contributed by atoms with E-state index in [2.05, 4.69) is 220 Å². The zero-order valence-electron chi connectivity index (χ0n) is 32.7. The van der Waals surface area contributed by atoms with E-state index in [4.69, 9.17) is 0 Å². The van der Waals surface area contributed by atoms with Gasteiger partial charge in [-0.1, -0.05) is 0 Å². The molecule has 0 bridgehead atoms. The summed E-state index contributed by atoms with van der Waals surface area (Å²) in [6, 6.07) is 17.2. The van der Waals surface area contributed by atoms with Crippen LogP contribution < -0.4 is 0 Å². The van der Waals surface area contributed by atoms with Crippen LogP contribution >= 0.6 is 63.7 Å². The summed E-state index contributed by atoms with van der Waals surface area (Å²) in [6.45, 7) is 25.4. The molecule has 2 aliphatic carbocycles. The van der Waals surface area contributed by atoms with E-state index in [0.717, 1.165) is 73.6 Å². The summed E-state index contributed by atoms with van der Waals surface area (Å²) < 4.78 is 6.35. The Morgan fingerprint density at radius 2 is 0.736 bits per heavy atom. The molecule has 0 fully saturated rings. The van der Waals surface area contributed by atoms with Gasteiger partial charge in [0.05, 0.1) is 0 Å². The number of allylic oxidation sites excluding steroid dienone is 10. The van der Waals surface area contributed by atoms with Crippen molar-refractivity contribution in [2.75, 3.05) is 0 Å². The molecule has 7 heteroatoms. The Morgan fingerprint density at radius 1 is 0.453 bits per heavy atom. The Hall–Kier alpha value is -1.86. The van der Waals surface area contributed by atoms with Crippen LogP contribution in [0.4, 0.5) is 0 Å². The van der Waals surface area contributed by atoms with Crippen molar-refractivity contribution in [3.05, 3.63) is 144 Å². The van der Waals surface area contributed by atoms with E-state index in [9.17, 15) is 9.59 Å². The first-order valence-corrected chi connectivity index (χ1v) is 22.7. The zero-order valence-corrected chi connectivity index (χ0v) is 40.7. The number of ketones is 2. The van der Waals surface area contributed by atoms with E-state index in [1.54, 1.807) is 0 Å². The first-order valence-electron chi connectivity index (χ1n) is 17.8. The summed E-state index contributed by atoms with van der Waals surface area (Å²) in [4.78, 5) is 28.1. The fourth-order valence-corrected chi connectivity index (χ4v) is 11.6. The summed E-state index contributed by atoms with van der Waals surface area (Å²) in [5.41, 5.74) is 8.35. The molecule has 0 saturated carbocycles. The second-order valence-corrected chi connectivity index (χ2v) is 23.8. The van der Waals surface area contributed by atoms with Crippen molar-refractivity contribution in [1.29, 1.82) is 0 Å². The van der Waals surface area contributed by atoms with Crippen molar-refractivity contribution >= 4 is 101 Å². The van der Waals surface area contributed by atoms with E-state index in [1.807, 2.05) is 0 Å². The molecule has 2 aliphatic rings. The Kier molecular flexibility index (Phi) is 12.2. The van der Waals surface area contributed by atoms with Gasteiger partial charge in [-0.25, -0.2) is 0 Å². The van der Waals surface area contributed by atoms with Crippen molar-refractivity contribution in [3.8, 4) is 0 Å². The van der Waals surface area contributed by atoms with Gasteiger partial charge in [-0.3, -0.25) is 0 Å². The molecule has 3 aromatic rings. The molecule has 0 atom stereocenters. The van der Waals surface area contributed by atoms with Gasteiger partial charge in [-0.15, -0.1) is 0 Å². The molecule has 1 heterocycles. The molecule has 2 nitrogen and oxygen atoms in total.